The summed E-state index contributed by atoms with van der Waals surface area (Å²) in [5, 5.41) is 6.28. The number of hydrogen-bond donors (Lipinski definition) is 2. The van der Waals surface area contributed by atoms with E-state index in [0.717, 1.165) is 36.4 Å². The van der Waals surface area contributed by atoms with Gasteiger partial charge in [0.05, 0.1) is 5.69 Å². The zero-order valence-corrected chi connectivity index (χ0v) is 16.3. The number of anilines is 1. The summed E-state index contributed by atoms with van der Waals surface area (Å²) >= 11 is 7.69. The van der Waals surface area contributed by atoms with Crippen molar-refractivity contribution in [2.45, 2.75) is 29.7 Å². The van der Waals surface area contributed by atoms with Crippen LogP contribution in [-0.4, -0.2) is 35.2 Å². The van der Waals surface area contributed by atoms with Gasteiger partial charge in [-0.15, -0.1) is 0 Å². The highest BCUT2D eigenvalue weighted by Crippen LogP contribution is 2.38. The lowest BCUT2D eigenvalue weighted by atomic mass is 10.1. The number of thioether (sulfide) groups is 1. The molecule has 0 aromatic heterocycles. The molecule has 2 N–H and O–H groups in total. The minimum Gasteiger partial charge on any atom is -0.348 e. The number of carbonyl (C=O) groups is 2. The first-order chi connectivity index (χ1) is 13.1. The Morgan fingerprint density at radius 2 is 2.00 bits per heavy atom. The molecule has 1 unspecified atom stereocenters. The molecule has 2 aliphatic rings. The maximum atomic E-state index is 12.5. The highest BCUT2D eigenvalue weighted by Gasteiger charge is 2.33. The number of rotatable bonds is 4. The zero-order valence-electron chi connectivity index (χ0n) is 14.7. The second kappa shape index (κ2) is 7.92. The largest absolute Gasteiger partial charge is 0.348 e. The molecule has 2 heterocycles. The summed E-state index contributed by atoms with van der Waals surface area (Å²) in [5.41, 5.74) is 2.08. The van der Waals surface area contributed by atoms with Gasteiger partial charge < -0.3 is 10.6 Å². The molecule has 0 saturated carbocycles. The zero-order chi connectivity index (χ0) is 18.8. The van der Waals surface area contributed by atoms with E-state index < -0.39 is 0 Å². The fraction of sp³-hybridized carbons (Fsp3) is 0.300. The van der Waals surface area contributed by atoms with Crippen LogP contribution in [0.25, 0.3) is 0 Å². The molecule has 2 aromatic rings. The van der Waals surface area contributed by atoms with E-state index >= 15 is 0 Å². The van der Waals surface area contributed by atoms with Crippen molar-refractivity contribution in [2.24, 2.45) is 0 Å². The van der Waals surface area contributed by atoms with E-state index in [1.54, 1.807) is 30.0 Å². The smallest absolute Gasteiger partial charge is 0.252 e. The molecule has 2 aliphatic heterocycles. The second-order valence-electron chi connectivity index (χ2n) is 6.69. The number of benzene rings is 2. The van der Waals surface area contributed by atoms with Crippen LogP contribution in [0, 0.1) is 0 Å². The van der Waals surface area contributed by atoms with Gasteiger partial charge in [-0.05, 0) is 55.8 Å². The van der Waals surface area contributed by atoms with Gasteiger partial charge in [-0.2, -0.15) is 0 Å². The van der Waals surface area contributed by atoms with E-state index in [0.29, 0.717) is 22.8 Å². The van der Waals surface area contributed by atoms with Crippen molar-refractivity contribution in [3.63, 3.8) is 0 Å². The van der Waals surface area contributed by atoms with Crippen LogP contribution < -0.4 is 10.6 Å². The Bertz CT molecular complexity index is 883. The summed E-state index contributed by atoms with van der Waals surface area (Å²) in [6.07, 6.45) is 2.28. The standard InChI is InChI=1S/C20H20ClN3O2S/c21-15-6-2-1-5-14(15)12-22-18(25)13-7-8-17-16(11-13)23-19(26)20(27-17)24-9-3-4-10-24/h1-2,5-8,11,20H,3-4,9-10,12H2,(H,22,25)(H,23,26). The average molecular weight is 402 g/mol. The van der Waals surface area contributed by atoms with Crippen LogP contribution in [0.2, 0.25) is 5.02 Å². The summed E-state index contributed by atoms with van der Waals surface area (Å²) in [4.78, 5) is 28.2. The molecule has 140 valence electrons. The average Bonchev–Trinajstić information content (AvgIpc) is 3.20. The lowest BCUT2D eigenvalue weighted by Gasteiger charge is -2.30. The highest BCUT2D eigenvalue weighted by molar-refractivity contribution is 8.00. The molecular weight excluding hydrogens is 382 g/mol. The minimum atomic E-state index is -0.196. The molecule has 1 atom stereocenters. The van der Waals surface area contributed by atoms with Crippen molar-refractivity contribution < 1.29 is 9.59 Å². The van der Waals surface area contributed by atoms with Crippen LogP contribution in [0.3, 0.4) is 0 Å². The maximum Gasteiger partial charge on any atom is 0.252 e. The highest BCUT2D eigenvalue weighted by atomic mass is 35.5. The Morgan fingerprint density at radius 1 is 1.22 bits per heavy atom. The van der Waals surface area contributed by atoms with Gasteiger partial charge in [-0.1, -0.05) is 41.6 Å². The predicted octanol–water partition coefficient (Wildman–Crippen LogP) is 3.74. The number of hydrogen-bond acceptors (Lipinski definition) is 4. The summed E-state index contributed by atoms with van der Waals surface area (Å²) in [6.45, 7) is 2.28. The van der Waals surface area contributed by atoms with Gasteiger partial charge >= 0.3 is 0 Å². The minimum absolute atomic E-state index is 0.0111. The molecule has 0 bridgehead atoms. The van der Waals surface area contributed by atoms with Crippen molar-refractivity contribution in [2.75, 3.05) is 18.4 Å². The molecule has 4 rings (SSSR count). The molecule has 0 spiro atoms. The monoisotopic (exact) mass is 401 g/mol. The predicted molar refractivity (Wildman–Crippen MR) is 108 cm³/mol. The number of fused-ring (bicyclic) bond motifs is 1. The number of nitrogens with one attached hydrogen (secondary N) is 2. The number of amides is 2. The van der Waals surface area contributed by atoms with E-state index in [4.69, 9.17) is 11.6 Å². The van der Waals surface area contributed by atoms with Crippen LogP contribution in [-0.2, 0) is 11.3 Å². The van der Waals surface area contributed by atoms with Crippen molar-refractivity contribution in [3.8, 4) is 0 Å². The third kappa shape index (κ3) is 3.98. The molecule has 1 saturated heterocycles. The molecule has 7 heteroatoms. The lowest BCUT2D eigenvalue weighted by Crippen LogP contribution is -2.42. The molecule has 5 nitrogen and oxygen atoms in total. The lowest BCUT2D eigenvalue weighted by molar-refractivity contribution is -0.118. The molecular formula is C20H20ClN3O2S. The molecule has 2 aromatic carbocycles. The molecule has 0 aliphatic carbocycles. The van der Waals surface area contributed by atoms with Crippen LogP contribution in [0.15, 0.2) is 47.4 Å². The summed E-state index contributed by atoms with van der Waals surface area (Å²) < 4.78 is 0. The fourth-order valence-corrected chi connectivity index (χ4v) is 4.73. The summed E-state index contributed by atoms with van der Waals surface area (Å²) in [6, 6.07) is 12.9. The SMILES string of the molecule is O=C(NCc1ccccc1Cl)c1ccc2c(c1)NC(=O)C(N1CCCC1)S2. The number of nitrogens with zero attached hydrogens (tertiary/aromatic N) is 1. The normalized spacial score (nSPS) is 19.4. The number of halogens is 1. The topological polar surface area (TPSA) is 61.4 Å². The molecule has 2 amide bonds. The van der Waals surface area contributed by atoms with Crippen molar-refractivity contribution in [1.29, 1.82) is 0 Å². The first-order valence-electron chi connectivity index (χ1n) is 8.99. The van der Waals surface area contributed by atoms with Crippen LogP contribution in [0.1, 0.15) is 28.8 Å². The second-order valence-corrected chi connectivity index (χ2v) is 8.22. The maximum absolute atomic E-state index is 12.5. The third-order valence-electron chi connectivity index (χ3n) is 4.83. The van der Waals surface area contributed by atoms with E-state index in [2.05, 4.69) is 15.5 Å². The molecule has 1 fully saturated rings. The van der Waals surface area contributed by atoms with Gasteiger partial charge in [0.15, 0.2) is 0 Å². The van der Waals surface area contributed by atoms with E-state index in [9.17, 15) is 9.59 Å². The number of carbonyl (C=O) groups excluding carboxylic acids is 2. The Morgan fingerprint density at radius 3 is 2.78 bits per heavy atom. The first-order valence-corrected chi connectivity index (χ1v) is 10.2. The van der Waals surface area contributed by atoms with Crippen molar-refractivity contribution >= 4 is 40.9 Å². The van der Waals surface area contributed by atoms with Crippen molar-refractivity contribution in [3.05, 3.63) is 58.6 Å². The number of likely N-dealkylation sites (tertiary alicyclic amines) is 1. The van der Waals surface area contributed by atoms with Crippen molar-refractivity contribution in [1.82, 2.24) is 10.2 Å². The Balaban J connectivity index is 1.45. The van der Waals surface area contributed by atoms with E-state index in [1.807, 2.05) is 24.3 Å². The molecule has 27 heavy (non-hydrogen) atoms. The summed E-state index contributed by atoms with van der Waals surface area (Å²) in [7, 11) is 0. The quantitative estimate of drug-likeness (QED) is 0.819. The Labute approximate surface area is 167 Å². The third-order valence-corrected chi connectivity index (χ3v) is 6.55. The van der Waals surface area contributed by atoms with Gasteiger partial charge in [0.2, 0.25) is 0 Å². The molecule has 0 radical (unpaired) electrons. The van der Waals surface area contributed by atoms with Gasteiger partial charge in [0.25, 0.3) is 11.8 Å². The Hall–Kier alpha value is -2.02. The van der Waals surface area contributed by atoms with Crippen LogP contribution in [0.5, 0.6) is 0 Å². The Kier molecular flexibility index (Phi) is 5.38. The summed E-state index contributed by atoms with van der Waals surface area (Å²) in [5.74, 6) is -0.207. The first kappa shape index (κ1) is 18.3. The van der Waals surface area contributed by atoms with Gasteiger partial charge in [0, 0.05) is 22.0 Å². The van der Waals surface area contributed by atoms with E-state index in [-0.39, 0.29) is 17.2 Å². The van der Waals surface area contributed by atoms with Crippen LogP contribution >= 0.6 is 23.4 Å². The van der Waals surface area contributed by atoms with Gasteiger partial charge in [-0.25, -0.2) is 0 Å². The van der Waals surface area contributed by atoms with Gasteiger partial charge in [0.1, 0.15) is 5.37 Å². The van der Waals surface area contributed by atoms with E-state index in [1.165, 1.54) is 0 Å². The fourth-order valence-electron chi connectivity index (χ4n) is 3.38. The van der Waals surface area contributed by atoms with Gasteiger partial charge in [-0.3, -0.25) is 14.5 Å². The van der Waals surface area contributed by atoms with Crippen LogP contribution in [0.4, 0.5) is 5.69 Å².